The largest absolute Gasteiger partial charge is 0.395 e. The Bertz CT molecular complexity index is 336. The number of rotatable bonds is 4. The molecule has 1 rings (SSSR count). The topological polar surface area (TPSA) is 21.6 Å². The normalized spacial score (nSPS) is 12.6. The zero-order valence-corrected chi connectivity index (χ0v) is 10.7. The van der Waals surface area contributed by atoms with Crippen LogP contribution in [0.15, 0.2) is 35.5 Å². The zero-order chi connectivity index (χ0) is 12.0. The van der Waals surface area contributed by atoms with Gasteiger partial charge in [-0.2, -0.15) is 0 Å². The van der Waals surface area contributed by atoms with Gasteiger partial charge in [0.05, 0.1) is 5.71 Å². The van der Waals surface area contributed by atoms with Crippen LogP contribution in [-0.2, 0) is 11.3 Å². The van der Waals surface area contributed by atoms with Crippen LogP contribution in [0.5, 0.6) is 0 Å². The Kier molecular flexibility index (Phi) is 4.53. The van der Waals surface area contributed by atoms with Gasteiger partial charge in [0.2, 0.25) is 0 Å². The SMILES string of the molecule is C/C(=N\OCCc1ccccc1)C(C)(C)C. The van der Waals surface area contributed by atoms with Crippen LogP contribution < -0.4 is 0 Å². The van der Waals surface area contributed by atoms with E-state index in [1.54, 1.807) is 0 Å². The minimum atomic E-state index is 0.0900. The summed E-state index contributed by atoms with van der Waals surface area (Å²) in [5, 5.41) is 4.13. The van der Waals surface area contributed by atoms with Gasteiger partial charge in [0.1, 0.15) is 6.61 Å². The third kappa shape index (κ3) is 4.47. The fourth-order valence-electron chi connectivity index (χ4n) is 1.09. The molecule has 0 spiro atoms. The first kappa shape index (κ1) is 12.8. The minimum absolute atomic E-state index is 0.0900. The van der Waals surface area contributed by atoms with Crippen LogP contribution >= 0.6 is 0 Å². The molecule has 0 heterocycles. The molecule has 0 atom stereocenters. The van der Waals surface area contributed by atoms with Gasteiger partial charge in [-0.15, -0.1) is 0 Å². The van der Waals surface area contributed by atoms with Crippen LogP contribution in [0.1, 0.15) is 33.3 Å². The lowest BCUT2D eigenvalue weighted by Gasteiger charge is -2.16. The standard InChI is InChI=1S/C14H21NO/c1-12(14(2,3)4)15-16-11-10-13-8-6-5-7-9-13/h5-9H,10-11H2,1-4H3/b15-12+. The molecule has 2 heteroatoms. The molecule has 1 aromatic carbocycles. The second-order valence-corrected chi connectivity index (χ2v) is 5.00. The fraction of sp³-hybridized carbons (Fsp3) is 0.500. The summed E-state index contributed by atoms with van der Waals surface area (Å²) in [6.07, 6.45) is 0.905. The van der Waals surface area contributed by atoms with Crippen LogP contribution in [-0.4, -0.2) is 12.3 Å². The van der Waals surface area contributed by atoms with Crippen molar-refractivity contribution in [1.29, 1.82) is 0 Å². The Morgan fingerprint density at radius 3 is 2.38 bits per heavy atom. The molecule has 0 aliphatic carbocycles. The van der Waals surface area contributed by atoms with Crippen molar-refractivity contribution in [2.75, 3.05) is 6.61 Å². The average Bonchev–Trinajstić information content (AvgIpc) is 2.24. The van der Waals surface area contributed by atoms with E-state index in [2.05, 4.69) is 38.1 Å². The molecular formula is C14H21NO. The third-order valence-corrected chi connectivity index (χ3v) is 2.61. The van der Waals surface area contributed by atoms with Gasteiger partial charge in [-0.25, -0.2) is 0 Å². The van der Waals surface area contributed by atoms with E-state index < -0.39 is 0 Å². The maximum Gasteiger partial charge on any atom is 0.121 e. The molecule has 0 bridgehead atoms. The van der Waals surface area contributed by atoms with E-state index in [9.17, 15) is 0 Å². The smallest absolute Gasteiger partial charge is 0.121 e. The van der Waals surface area contributed by atoms with Gasteiger partial charge in [0, 0.05) is 11.8 Å². The summed E-state index contributed by atoms with van der Waals surface area (Å²) in [5.74, 6) is 0. The highest BCUT2D eigenvalue weighted by Gasteiger charge is 2.14. The van der Waals surface area contributed by atoms with E-state index in [0.717, 1.165) is 12.1 Å². The predicted molar refractivity (Wildman–Crippen MR) is 68.7 cm³/mol. The van der Waals surface area contributed by atoms with Crippen LogP contribution in [0.25, 0.3) is 0 Å². The Balaban J connectivity index is 2.32. The molecule has 0 saturated carbocycles. The average molecular weight is 219 g/mol. The van der Waals surface area contributed by atoms with Gasteiger partial charge >= 0.3 is 0 Å². The summed E-state index contributed by atoms with van der Waals surface area (Å²) in [7, 11) is 0. The van der Waals surface area contributed by atoms with Gasteiger partial charge in [0.25, 0.3) is 0 Å². The van der Waals surface area contributed by atoms with Crippen molar-refractivity contribution in [2.24, 2.45) is 10.6 Å². The molecule has 2 nitrogen and oxygen atoms in total. The van der Waals surface area contributed by atoms with Gasteiger partial charge < -0.3 is 4.84 Å². The molecule has 0 aliphatic heterocycles. The number of nitrogens with zero attached hydrogens (tertiary/aromatic N) is 1. The van der Waals surface area contributed by atoms with Crippen LogP contribution in [0, 0.1) is 5.41 Å². The summed E-state index contributed by atoms with van der Waals surface area (Å²) in [5.41, 5.74) is 2.40. The second kappa shape index (κ2) is 5.69. The first-order valence-corrected chi connectivity index (χ1v) is 5.71. The van der Waals surface area contributed by atoms with Crippen molar-refractivity contribution in [3.63, 3.8) is 0 Å². The molecule has 1 aromatic rings. The lowest BCUT2D eigenvalue weighted by atomic mass is 9.91. The van der Waals surface area contributed by atoms with E-state index in [1.807, 2.05) is 25.1 Å². The molecule has 16 heavy (non-hydrogen) atoms. The number of oxime groups is 1. The van der Waals surface area contributed by atoms with Gasteiger partial charge in [-0.3, -0.25) is 0 Å². The Morgan fingerprint density at radius 1 is 1.19 bits per heavy atom. The quantitative estimate of drug-likeness (QED) is 0.430. The van der Waals surface area contributed by atoms with E-state index >= 15 is 0 Å². The summed E-state index contributed by atoms with van der Waals surface area (Å²) < 4.78 is 0. The second-order valence-electron chi connectivity index (χ2n) is 5.00. The van der Waals surface area contributed by atoms with Crippen molar-refractivity contribution in [3.05, 3.63) is 35.9 Å². The molecule has 0 saturated heterocycles. The predicted octanol–water partition coefficient (Wildman–Crippen LogP) is 3.67. The van der Waals surface area contributed by atoms with Crippen LogP contribution in [0.3, 0.4) is 0 Å². The molecule has 0 N–H and O–H groups in total. The summed E-state index contributed by atoms with van der Waals surface area (Å²) in [4.78, 5) is 5.31. The molecule has 88 valence electrons. The van der Waals surface area contributed by atoms with Crippen molar-refractivity contribution in [2.45, 2.75) is 34.1 Å². The van der Waals surface area contributed by atoms with Gasteiger partial charge in [-0.1, -0.05) is 56.3 Å². The van der Waals surface area contributed by atoms with Gasteiger partial charge in [-0.05, 0) is 12.5 Å². The fourth-order valence-corrected chi connectivity index (χ4v) is 1.09. The first-order chi connectivity index (χ1) is 7.50. The highest BCUT2D eigenvalue weighted by atomic mass is 16.6. The highest BCUT2D eigenvalue weighted by molar-refractivity contribution is 5.86. The first-order valence-electron chi connectivity index (χ1n) is 5.71. The van der Waals surface area contributed by atoms with E-state index in [-0.39, 0.29) is 5.41 Å². The zero-order valence-electron chi connectivity index (χ0n) is 10.7. The molecule has 0 aliphatic rings. The summed E-state index contributed by atoms with van der Waals surface area (Å²) in [6.45, 7) is 9.03. The van der Waals surface area contributed by atoms with E-state index in [1.165, 1.54) is 5.56 Å². The lowest BCUT2D eigenvalue weighted by Crippen LogP contribution is -2.17. The summed E-state index contributed by atoms with van der Waals surface area (Å²) in [6, 6.07) is 10.3. The molecule has 0 radical (unpaired) electrons. The summed E-state index contributed by atoms with van der Waals surface area (Å²) >= 11 is 0. The highest BCUT2D eigenvalue weighted by Crippen LogP contribution is 2.15. The number of hydrogen-bond acceptors (Lipinski definition) is 2. The molecule has 0 aromatic heterocycles. The molecule has 0 amide bonds. The number of benzene rings is 1. The Hall–Kier alpha value is -1.31. The Morgan fingerprint density at radius 2 is 1.81 bits per heavy atom. The molecular weight excluding hydrogens is 198 g/mol. The van der Waals surface area contributed by atoms with Crippen molar-refractivity contribution in [3.8, 4) is 0 Å². The van der Waals surface area contributed by atoms with Gasteiger partial charge in [0.15, 0.2) is 0 Å². The molecule has 0 unspecified atom stereocenters. The van der Waals surface area contributed by atoms with Crippen molar-refractivity contribution in [1.82, 2.24) is 0 Å². The third-order valence-electron chi connectivity index (χ3n) is 2.61. The number of hydrogen-bond donors (Lipinski definition) is 0. The van der Waals surface area contributed by atoms with Crippen molar-refractivity contribution >= 4 is 5.71 Å². The van der Waals surface area contributed by atoms with Crippen LogP contribution in [0.2, 0.25) is 0 Å². The minimum Gasteiger partial charge on any atom is -0.395 e. The Labute approximate surface area is 98.3 Å². The van der Waals surface area contributed by atoms with E-state index in [4.69, 9.17) is 4.84 Å². The monoisotopic (exact) mass is 219 g/mol. The maximum absolute atomic E-state index is 5.31. The van der Waals surface area contributed by atoms with Crippen LogP contribution in [0.4, 0.5) is 0 Å². The molecule has 0 fully saturated rings. The van der Waals surface area contributed by atoms with E-state index in [0.29, 0.717) is 6.61 Å². The lowest BCUT2D eigenvalue weighted by molar-refractivity contribution is 0.144. The maximum atomic E-state index is 5.31. The van der Waals surface area contributed by atoms with Crippen molar-refractivity contribution < 1.29 is 4.84 Å².